The first-order valence-corrected chi connectivity index (χ1v) is 8.78. The van der Waals surface area contributed by atoms with Gasteiger partial charge in [0.05, 0.1) is 34.5 Å². The van der Waals surface area contributed by atoms with Crippen molar-refractivity contribution in [3.05, 3.63) is 46.2 Å². The summed E-state index contributed by atoms with van der Waals surface area (Å²) in [5.74, 6) is 2.01. The fourth-order valence-corrected chi connectivity index (χ4v) is 3.38. The van der Waals surface area contributed by atoms with Crippen LogP contribution in [0.5, 0.6) is 0 Å². The third-order valence-electron chi connectivity index (χ3n) is 4.96. The van der Waals surface area contributed by atoms with E-state index in [-0.39, 0.29) is 0 Å². The summed E-state index contributed by atoms with van der Waals surface area (Å²) in [6.07, 6.45) is 1.75. The molecule has 4 heterocycles. The molecule has 0 amide bonds. The largest absolute Gasteiger partial charge is 0.382 e. The summed E-state index contributed by atoms with van der Waals surface area (Å²) >= 11 is 0. The highest BCUT2D eigenvalue weighted by Gasteiger charge is 2.12. The molecule has 8 heteroatoms. The van der Waals surface area contributed by atoms with Crippen molar-refractivity contribution in [1.82, 2.24) is 28.7 Å². The van der Waals surface area contributed by atoms with Crippen LogP contribution in [0.4, 0.5) is 11.8 Å². The second-order valence-electron chi connectivity index (χ2n) is 6.80. The highest BCUT2D eigenvalue weighted by Crippen LogP contribution is 2.21. The Labute approximate surface area is 158 Å². The van der Waals surface area contributed by atoms with Gasteiger partial charge in [0.15, 0.2) is 5.82 Å². The van der Waals surface area contributed by atoms with Crippen molar-refractivity contribution < 1.29 is 0 Å². The number of aryl methyl sites for hydroxylation is 7. The lowest BCUT2D eigenvalue weighted by Gasteiger charge is -2.07. The number of aromatic nitrogens is 6. The predicted molar refractivity (Wildman–Crippen MR) is 108 cm³/mol. The predicted octanol–water partition coefficient (Wildman–Crippen LogP) is 2.78. The summed E-state index contributed by atoms with van der Waals surface area (Å²) in [6.45, 7) is 13.9. The normalized spacial score (nSPS) is 11.1. The number of rotatable bonds is 0. The van der Waals surface area contributed by atoms with Crippen LogP contribution >= 0.6 is 0 Å². The van der Waals surface area contributed by atoms with Crippen molar-refractivity contribution in [2.24, 2.45) is 0 Å². The Hall–Kier alpha value is -3.16. The van der Waals surface area contributed by atoms with Crippen LogP contribution in [-0.2, 0) is 0 Å². The number of hydrogen-bond acceptors (Lipinski definition) is 6. The zero-order valence-electron chi connectivity index (χ0n) is 16.9. The van der Waals surface area contributed by atoms with Crippen LogP contribution < -0.4 is 11.5 Å². The van der Waals surface area contributed by atoms with Gasteiger partial charge in [0.1, 0.15) is 11.3 Å². The van der Waals surface area contributed by atoms with E-state index in [1.165, 1.54) is 0 Å². The zero-order valence-corrected chi connectivity index (χ0v) is 16.9. The molecule has 0 radical (unpaired) electrons. The van der Waals surface area contributed by atoms with Crippen molar-refractivity contribution in [2.75, 3.05) is 11.5 Å². The number of hydrogen-bond donors (Lipinski definition) is 2. The Kier molecular flexibility index (Phi) is 4.51. The van der Waals surface area contributed by atoms with Gasteiger partial charge >= 0.3 is 0 Å². The lowest BCUT2D eigenvalue weighted by Crippen LogP contribution is -2.03. The summed E-state index contributed by atoms with van der Waals surface area (Å²) < 4.78 is 3.99. The first kappa shape index (κ1) is 18.6. The maximum absolute atomic E-state index is 5.82. The topological polar surface area (TPSA) is 112 Å². The fourth-order valence-electron chi connectivity index (χ4n) is 3.38. The summed E-state index contributed by atoms with van der Waals surface area (Å²) in [5, 5.41) is 0. The number of nitrogen functional groups attached to an aromatic ring is 2. The third-order valence-corrected chi connectivity index (χ3v) is 4.96. The van der Waals surface area contributed by atoms with Gasteiger partial charge in [-0.15, -0.1) is 0 Å². The minimum atomic E-state index is 0.529. The molecule has 4 aromatic rings. The molecule has 0 unspecified atom stereocenters. The molecule has 0 aliphatic carbocycles. The Balaban J connectivity index is 0.000000156. The molecular weight excluding hydrogens is 340 g/mol. The van der Waals surface area contributed by atoms with Crippen LogP contribution in [-0.4, -0.2) is 28.7 Å². The van der Waals surface area contributed by atoms with E-state index in [0.717, 1.165) is 51.0 Å². The van der Waals surface area contributed by atoms with E-state index in [1.807, 2.05) is 52.9 Å². The molecule has 0 aliphatic heterocycles. The van der Waals surface area contributed by atoms with E-state index in [0.29, 0.717) is 11.8 Å². The molecule has 0 saturated heterocycles. The van der Waals surface area contributed by atoms with Crippen molar-refractivity contribution in [2.45, 2.75) is 48.5 Å². The Morgan fingerprint density at radius 3 is 1.89 bits per heavy atom. The van der Waals surface area contributed by atoms with Crippen LogP contribution in [0.15, 0.2) is 6.20 Å². The van der Waals surface area contributed by atoms with Gasteiger partial charge < -0.3 is 11.5 Å². The van der Waals surface area contributed by atoms with Crippen LogP contribution in [0.2, 0.25) is 0 Å². The van der Waals surface area contributed by atoms with Crippen LogP contribution in [0.1, 0.15) is 40.0 Å². The van der Waals surface area contributed by atoms with E-state index >= 15 is 0 Å². The zero-order chi connectivity index (χ0) is 20.0. The SMILES string of the molecule is Cc1nc(C)c2c(N)nc(C)n2c1C.Cc1nc(C)c2cnc(N)n2c1C. The van der Waals surface area contributed by atoms with Crippen LogP contribution in [0.3, 0.4) is 0 Å². The van der Waals surface area contributed by atoms with Gasteiger partial charge in [-0.2, -0.15) is 0 Å². The van der Waals surface area contributed by atoms with Crippen molar-refractivity contribution in [1.29, 1.82) is 0 Å². The van der Waals surface area contributed by atoms with Gasteiger partial charge in [-0.3, -0.25) is 18.8 Å². The molecule has 142 valence electrons. The number of anilines is 2. The smallest absolute Gasteiger partial charge is 0.205 e. The summed E-state index contributed by atoms with van der Waals surface area (Å²) in [5.41, 5.74) is 19.6. The second-order valence-corrected chi connectivity index (χ2v) is 6.80. The summed E-state index contributed by atoms with van der Waals surface area (Å²) in [6, 6.07) is 0. The van der Waals surface area contributed by atoms with Crippen LogP contribution in [0, 0.1) is 48.5 Å². The molecule has 0 aromatic carbocycles. The Morgan fingerprint density at radius 2 is 1.26 bits per heavy atom. The Bertz CT molecular complexity index is 1170. The monoisotopic (exact) mass is 366 g/mol. The number of fused-ring (bicyclic) bond motifs is 2. The maximum Gasteiger partial charge on any atom is 0.205 e. The summed E-state index contributed by atoms with van der Waals surface area (Å²) in [4.78, 5) is 17.1. The standard InChI is InChI=1S/C10H14N4.C9H12N4/c1-5-7(3)14-8(4)13-10(11)9(14)6(2)12-5;1-5-7(3)13-8(6(2)12-5)4-11-9(13)10/h11H2,1-4H3;4H,1-3H3,(H2,10,11). The Morgan fingerprint density at radius 1 is 0.704 bits per heavy atom. The summed E-state index contributed by atoms with van der Waals surface area (Å²) in [7, 11) is 0. The fraction of sp³-hybridized carbons (Fsp3) is 0.368. The average Bonchev–Trinajstić information content (AvgIpc) is 3.12. The quantitative estimate of drug-likeness (QED) is 0.495. The highest BCUT2D eigenvalue weighted by molar-refractivity contribution is 5.70. The van der Waals surface area contributed by atoms with E-state index in [9.17, 15) is 0 Å². The molecule has 8 nitrogen and oxygen atoms in total. The molecule has 4 N–H and O–H groups in total. The molecule has 0 spiro atoms. The van der Waals surface area contributed by atoms with E-state index in [2.05, 4.69) is 24.3 Å². The first-order valence-electron chi connectivity index (χ1n) is 8.78. The van der Waals surface area contributed by atoms with Gasteiger partial charge in [-0.05, 0) is 48.5 Å². The van der Waals surface area contributed by atoms with Gasteiger partial charge in [0, 0.05) is 11.4 Å². The highest BCUT2D eigenvalue weighted by atomic mass is 15.1. The maximum atomic E-state index is 5.82. The molecular formula is C19H26N8. The van der Waals surface area contributed by atoms with E-state index in [1.54, 1.807) is 6.20 Å². The minimum absolute atomic E-state index is 0.529. The lowest BCUT2D eigenvalue weighted by atomic mass is 10.3. The molecule has 4 rings (SSSR count). The average molecular weight is 366 g/mol. The van der Waals surface area contributed by atoms with Crippen molar-refractivity contribution >= 4 is 22.8 Å². The number of nitrogens with zero attached hydrogens (tertiary/aromatic N) is 6. The van der Waals surface area contributed by atoms with Gasteiger partial charge in [-0.25, -0.2) is 9.97 Å². The molecule has 0 fully saturated rings. The van der Waals surface area contributed by atoms with Gasteiger partial charge in [0.2, 0.25) is 5.95 Å². The first-order chi connectivity index (χ1) is 12.6. The van der Waals surface area contributed by atoms with Gasteiger partial charge in [-0.1, -0.05) is 0 Å². The second kappa shape index (κ2) is 6.53. The third kappa shape index (κ3) is 2.97. The van der Waals surface area contributed by atoms with Crippen LogP contribution in [0.25, 0.3) is 11.0 Å². The molecule has 0 bridgehead atoms. The lowest BCUT2D eigenvalue weighted by molar-refractivity contribution is 0.931. The van der Waals surface area contributed by atoms with E-state index in [4.69, 9.17) is 11.5 Å². The molecule has 4 aromatic heterocycles. The minimum Gasteiger partial charge on any atom is -0.382 e. The van der Waals surface area contributed by atoms with Crippen molar-refractivity contribution in [3.63, 3.8) is 0 Å². The molecule has 0 atom stereocenters. The number of nitrogens with two attached hydrogens (primary N) is 2. The van der Waals surface area contributed by atoms with Gasteiger partial charge in [0.25, 0.3) is 0 Å². The van der Waals surface area contributed by atoms with E-state index < -0.39 is 0 Å². The molecule has 0 aliphatic rings. The molecule has 0 saturated carbocycles. The molecule has 27 heavy (non-hydrogen) atoms. The number of imidazole rings is 2. The van der Waals surface area contributed by atoms with Crippen molar-refractivity contribution in [3.8, 4) is 0 Å².